The minimum absolute atomic E-state index is 0.953. The van der Waals surface area contributed by atoms with Crippen LogP contribution in [0.5, 0.6) is 0 Å². The molecule has 0 saturated carbocycles. The van der Waals surface area contributed by atoms with Gasteiger partial charge in [0, 0.05) is 22.4 Å². The first-order chi connectivity index (χ1) is 16.4. The molecule has 2 nitrogen and oxygen atoms in total. The van der Waals surface area contributed by atoms with Crippen LogP contribution in [-0.2, 0) is 6.42 Å². The summed E-state index contributed by atoms with van der Waals surface area (Å²) in [5.41, 5.74) is 9.68. The molecule has 0 radical (unpaired) electrons. The van der Waals surface area contributed by atoms with Crippen molar-refractivity contribution in [2.24, 2.45) is 0 Å². The summed E-state index contributed by atoms with van der Waals surface area (Å²) in [5, 5.41) is 4.85. The van der Waals surface area contributed by atoms with Crippen LogP contribution in [0, 0.1) is 0 Å². The van der Waals surface area contributed by atoms with E-state index < -0.39 is 0 Å². The molecule has 0 amide bonds. The number of benzene rings is 4. The Morgan fingerprint density at radius 2 is 1.27 bits per heavy atom. The van der Waals surface area contributed by atoms with Gasteiger partial charge in [-0.05, 0) is 71.7 Å². The second-order valence-electron chi connectivity index (χ2n) is 8.32. The summed E-state index contributed by atoms with van der Waals surface area (Å²) in [5.74, 6) is 0. The Kier molecular flexibility index (Phi) is 4.89. The summed E-state index contributed by atoms with van der Waals surface area (Å²) < 4.78 is 2.37. The average Bonchev–Trinajstić information content (AvgIpc) is 3.01. The molecule has 1 heterocycles. The quantitative estimate of drug-likeness (QED) is 0.308. The van der Waals surface area contributed by atoms with Crippen LogP contribution in [0.3, 0.4) is 0 Å². The lowest BCUT2D eigenvalue weighted by Crippen LogP contribution is -1.98. The van der Waals surface area contributed by atoms with Crippen LogP contribution in [0.15, 0.2) is 121 Å². The number of nitrogens with one attached hydrogen (secondary N) is 1. The molecule has 0 atom stereocenters. The molecule has 158 valence electrons. The number of allylic oxidation sites excluding steroid dienone is 3. The second kappa shape index (κ2) is 8.33. The first kappa shape index (κ1) is 19.4. The van der Waals surface area contributed by atoms with Crippen molar-refractivity contribution >= 4 is 28.4 Å². The van der Waals surface area contributed by atoms with Crippen molar-refractivity contribution in [3.05, 3.63) is 133 Å². The fraction of sp³-hybridized carbons (Fsp3) is 0.0323. The monoisotopic (exact) mass is 424 g/mol. The van der Waals surface area contributed by atoms with E-state index in [1.807, 2.05) is 6.07 Å². The molecule has 5 aromatic rings. The lowest BCUT2D eigenvalue weighted by molar-refractivity contribution is 1.09. The molecule has 0 bridgehead atoms. The van der Waals surface area contributed by atoms with Gasteiger partial charge in [-0.15, -0.1) is 0 Å². The zero-order chi connectivity index (χ0) is 22.0. The fourth-order valence-electron chi connectivity index (χ4n) is 4.64. The Hall–Kier alpha value is -4.30. The third-order valence-electron chi connectivity index (χ3n) is 6.25. The molecule has 33 heavy (non-hydrogen) atoms. The van der Waals surface area contributed by atoms with E-state index in [1.165, 1.54) is 39.0 Å². The van der Waals surface area contributed by atoms with E-state index in [9.17, 15) is 0 Å². The molecular weight excluding hydrogens is 400 g/mol. The number of para-hydroxylation sites is 1. The summed E-state index contributed by atoms with van der Waals surface area (Å²) >= 11 is 0. The maximum atomic E-state index is 3.53. The highest BCUT2D eigenvalue weighted by Crippen LogP contribution is 2.33. The van der Waals surface area contributed by atoms with Crippen molar-refractivity contribution in [3.8, 4) is 16.8 Å². The highest BCUT2D eigenvalue weighted by Gasteiger charge is 2.16. The Bertz CT molecular complexity index is 1470. The molecule has 0 spiro atoms. The number of rotatable bonds is 4. The molecule has 1 N–H and O–H groups in total. The van der Waals surface area contributed by atoms with Crippen molar-refractivity contribution < 1.29 is 0 Å². The van der Waals surface area contributed by atoms with E-state index in [-0.39, 0.29) is 0 Å². The van der Waals surface area contributed by atoms with Gasteiger partial charge >= 0.3 is 0 Å². The summed E-state index contributed by atoms with van der Waals surface area (Å²) in [6.45, 7) is 0. The summed E-state index contributed by atoms with van der Waals surface area (Å²) in [6, 6.07) is 36.4. The van der Waals surface area contributed by atoms with Gasteiger partial charge < -0.3 is 9.88 Å². The molecule has 1 aliphatic rings. The number of hydrogen-bond acceptors (Lipinski definition) is 1. The summed E-state index contributed by atoms with van der Waals surface area (Å²) in [6.07, 6.45) is 9.67. The van der Waals surface area contributed by atoms with E-state index >= 15 is 0 Å². The smallest absolute Gasteiger partial charge is 0.0537 e. The fourth-order valence-corrected chi connectivity index (χ4v) is 4.64. The lowest BCUT2D eigenvalue weighted by atomic mass is 10.1. The van der Waals surface area contributed by atoms with E-state index in [2.05, 4.69) is 131 Å². The van der Waals surface area contributed by atoms with Crippen molar-refractivity contribution in [2.75, 3.05) is 5.32 Å². The van der Waals surface area contributed by atoms with Gasteiger partial charge in [0.2, 0.25) is 0 Å². The molecule has 0 unspecified atom stereocenters. The Morgan fingerprint density at radius 3 is 2.06 bits per heavy atom. The van der Waals surface area contributed by atoms with Crippen molar-refractivity contribution in [1.29, 1.82) is 0 Å². The summed E-state index contributed by atoms with van der Waals surface area (Å²) in [4.78, 5) is 0. The van der Waals surface area contributed by atoms with E-state index in [1.54, 1.807) is 0 Å². The van der Waals surface area contributed by atoms with Crippen LogP contribution in [0.4, 0.5) is 11.4 Å². The average molecular weight is 425 g/mol. The minimum atomic E-state index is 0.953. The van der Waals surface area contributed by atoms with E-state index in [0.29, 0.717) is 0 Å². The SMILES string of the molecule is C1=CCc2c(n(-c3ccc(Nc4ccc(-c5ccccc5)cc4)cc3)c3ccccc23)C=C1. The molecule has 2 heteroatoms. The molecule has 6 rings (SSSR count). The van der Waals surface area contributed by atoms with Crippen LogP contribution < -0.4 is 5.32 Å². The molecular formula is C31H24N2. The van der Waals surface area contributed by atoms with Crippen LogP contribution in [-0.4, -0.2) is 4.57 Å². The number of nitrogens with zero attached hydrogens (tertiary/aromatic N) is 1. The predicted octanol–water partition coefficient (Wildman–Crippen LogP) is 8.17. The highest BCUT2D eigenvalue weighted by atomic mass is 15.0. The van der Waals surface area contributed by atoms with Crippen molar-refractivity contribution in [1.82, 2.24) is 4.57 Å². The van der Waals surface area contributed by atoms with Crippen LogP contribution >= 0.6 is 0 Å². The topological polar surface area (TPSA) is 17.0 Å². The van der Waals surface area contributed by atoms with Gasteiger partial charge in [0.1, 0.15) is 0 Å². The third kappa shape index (κ3) is 3.66. The Balaban J connectivity index is 1.30. The Labute approximate surface area is 194 Å². The van der Waals surface area contributed by atoms with Gasteiger partial charge in [-0.1, -0.05) is 78.9 Å². The third-order valence-corrected chi connectivity index (χ3v) is 6.25. The highest BCUT2D eigenvalue weighted by molar-refractivity contribution is 5.90. The van der Waals surface area contributed by atoms with Crippen molar-refractivity contribution in [2.45, 2.75) is 6.42 Å². The zero-order valence-electron chi connectivity index (χ0n) is 18.3. The van der Waals surface area contributed by atoms with Gasteiger partial charge in [-0.2, -0.15) is 0 Å². The largest absolute Gasteiger partial charge is 0.356 e. The molecule has 0 saturated heterocycles. The van der Waals surface area contributed by atoms with Gasteiger partial charge in [0.15, 0.2) is 0 Å². The number of anilines is 2. The maximum absolute atomic E-state index is 3.53. The first-order valence-corrected chi connectivity index (χ1v) is 11.4. The molecule has 1 aromatic heterocycles. The molecule has 1 aliphatic carbocycles. The van der Waals surface area contributed by atoms with Crippen LogP contribution in [0.25, 0.3) is 33.8 Å². The van der Waals surface area contributed by atoms with Crippen LogP contribution in [0.1, 0.15) is 11.3 Å². The van der Waals surface area contributed by atoms with Gasteiger partial charge in [-0.25, -0.2) is 0 Å². The first-order valence-electron chi connectivity index (χ1n) is 11.4. The van der Waals surface area contributed by atoms with E-state index in [0.717, 1.165) is 17.8 Å². The Morgan fingerprint density at radius 1 is 0.606 bits per heavy atom. The normalized spacial score (nSPS) is 12.5. The van der Waals surface area contributed by atoms with Gasteiger partial charge in [-0.3, -0.25) is 0 Å². The number of hydrogen-bond donors (Lipinski definition) is 1. The second-order valence-corrected chi connectivity index (χ2v) is 8.32. The van der Waals surface area contributed by atoms with Gasteiger partial charge in [0.25, 0.3) is 0 Å². The minimum Gasteiger partial charge on any atom is -0.356 e. The molecule has 0 aliphatic heterocycles. The van der Waals surface area contributed by atoms with Gasteiger partial charge in [0.05, 0.1) is 11.2 Å². The number of aromatic nitrogens is 1. The number of fused-ring (bicyclic) bond motifs is 3. The van der Waals surface area contributed by atoms with Crippen molar-refractivity contribution in [3.63, 3.8) is 0 Å². The molecule has 0 fully saturated rings. The van der Waals surface area contributed by atoms with Crippen LogP contribution in [0.2, 0.25) is 0 Å². The predicted molar refractivity (Wildman–Crippen MR) is 140 cm³/mol. The summed E-state index contributed by atoms with van der Waals surface area (Å²) in [7, 11) is 0. The maximum Gasteiger partial charge on any atom is 0.0537 e. The standard InChI is InChI=1S/C31H24N2/c1-3-9-23(10-4-1)24-15-17-25(18-16-24)32-26-19-21-27(22-20-26)33-30-13-6-2-5-11-28(30)29-12-7-8-14-31(29)33/h1-10,12-22,32H,11H2. The molecule has 4 aromatic carbocycles. The zero-order valence-corrected chi connectivity index (χ0v) is 18.3. The van der Waals surface area contributed by atoms with E-state index in [4.69, 9.17) is 0 Å². The lowest BCUT2D eigenvalue weighted by Gasteiger charge is -2.12.